The highest BCUT2D eigenvalue weighted by atomic mass is 16.5. The maximum absolute atomic E-state index is 12.8. The summed E-state index contributed by atoms with van der Waals surface area (Å²) in [6.07, 6.45) is 5.28. The SMILES string of the molecule is O=C(N1CCCCC1)N1CCCC1c1nc(-c2ccccc2)no1. The molecule has 2 aliphatic heterocycles. The molecule has 126 valence electrons. The van der Waals surface area contributed by atoms with Crippen molar-refractivity contribution in [2.75, 3.05) is 19.6 Å². The number of hydrogen-bond donors (Lipinski definition) is 0. The minimum absolute atomic E-state index is 0.0932. The molecular formula is C18H22N4O2. The summed E-state index contributed by atoms with van der Waals surface area (Å²) in [5.74, 6) is 1.14. The summed E-state index contributed by atoms with van der Waals surface area (Å²) in [5, 5.41) is 4.10. The largest absolute Gasteiger partial charge is 0.337 e. The summed E-state index contributed by atoms with van der Waals surface area (Å²) in [6, 6.07) is 9.81. The Bertz CT molecular complexity index is 694. The third kappa shape index (κ3) is 2.88. The van der Waals surface area contributed by atoms with E-state index in [2.05, 4.69) is 10.1 Å². The van der Waals surface area contributed by atoms with Gasteiger partial charge < -0.3 is 14.3 Å². The van der Waals surface area contributed by atoms with Crippen molar-refractivity contribution in [1.82, 2.24) is 19.9 Å². The van der Waals surface area contributed by atoms with E-state index in [0.29, 0.717) is 11.7 Å². The highest BCUT2D eigenvalue weighted by Crippen LogP contribution is 2.33. The number of carbonyl (C=O) groups is 1. The second kappa shape index (κ2) is 6.63. The number of piperidine rings is 1. The number of hydrogen-bond acceptors (Lipinski definition) is 4. The van der Waals surface area contributed by atoms with Gasteiger partial charge in [-0.1, -0.05) is 35.5 Å². The highest BCUT2D eigenvalue weighted by molar-refractivity contribution is 5.75. The van der Waals surface area contributed by atoms with Crippen LogP contribution in [0.5, 0.6) is 0 Å². The molecule has 6 heteroatoms. The van der Waals surface area contributed by atoms with Gasteiger partial charge in [0.25, 0.3) is 0 Å². The van der Waals surface area contributed by atoms with Crippen LogP contribution in [0.3, 0.4) is 0 Å². The molecule has 2 fully saturated rings. The summed E-state index contributed by atoms with van der Waals surface area (Å²) in [4.78, 5) is 21.3. The number of aromatic nitrogens is 2. The van der Waals surface area contributed by atoms with Gasteiger partial charge in [-0.3, -0.25) is 0 Å². The molecule has 0 aliphatic carbocycles. The molecule has 0 spiro atoms. The molecule has 0 bridgehead atoms. The molecule has 1 unspecified atom stereocenters. The molecule has 2 saturated heterocycles. The van der Waals surface area contributed by atoms with Gasteiger partial charge in [0, 0.05) is 25.2 Å². The summed E-state index contributed by atoms with van der Waals surface area (Å²) in [7, 11) is 0. The van der Waals surface area contributed by atoms with Crippen LogP contribution in [0, 0.1) is 0 Å². The van der Waals surface area contributed by atoms with Crippen LogP contribution in [0.2, 0.25) is 0 Å². The lowest BCUT2D eigenvalue weighted by Crippen LogP contribution is -2.45. The van der Waals surface area contributed by atoms with Gasteiger partial charge in [0.1, 0.15) is 6.04 Å². The number of likely N-dealkylation sites (tertiary alicyclic amines) is 2. The fourth-order valence-electron chi connectivity index (χ4n) is 3.59. The average Bonchev–Trinajstić information content (AvgIpc) is 3.32. The third-order valence-corrected chi connectivity index (χ3v) is 4.88. The third-order valence-electron chi connectivity index (χ3n) is 4.88. The number of benzene rings is 1. The van der Waals surface area contributed by atoms with Gasteiger partial charge in [-0.15, -0.1) is 0 Å². The zero-order valence-corrected chi connectivity index (χ0v) is 13.7. The summed E-state index contributed by atoms with van der Waals surface area (Å²) in [5.41, 5.74) is 0.930. The molecule has 1 atom stereocenters. The molecule has 0 radical (unpaired) electrons. The number of urea groups is 1. The average molecular weight is 326 g/mol. The van der Waals surface area contributed by atoms with Gasteiger partial charge in [0.2, 0.25) is 11.7 Å². The van der Waals surface area contributed by atoms with E-state index in [4.69, 9.17) is 4.52 Å². The Morgan fingerprint density at radius 3 is 2.62 bits per heavy atom. The van der Waals surface area contributed by atoms with Crippen molar-refractivity contribution in [3.8, 4) is 11.4 Å². The van der Waals surface area contributed by atoms with E-state index < -0.39 is 0 Å². The van der Waals surface area contributed by atoms with E-state index in [1.807, 2.05) is 40.1 Å². The minimum atomic E-state index is -0.0932. The van der Waals surface area contributed by atoms with Gasteiger partial charge in [0.05, 0.1) is 0 Å². The second-order valence-corrected chi connectivity index (χ2v) is 6.50. The first-order valence-corrected chi connectivity index (χ1v) is 8.77. The Morgan fingerprint density at radius 1 is 1.04 bits per heavy atom. The highest BCUT2D eigenvalue weighted by Gasteiger charge is 2.36. The van der Waals surface area contributed by atoms with Gasteiger partial charge >= 0.3 is 6.03 Å². The molecule has 0 saturated carbocycles. The lowest BCUT2D eigenvalue weighted by Gasteiger charge is -2.32. The van der Waals surface area contributed by atoms with E-state index >= 15 is 0 Å². The lowest BCUT2D eigenvalue weighted by atomic mass is 10.1. The van der Waals surface area contributed by atoms with Crippen LogP contribution in [-0.2, 0) is 0 Å². The topological polar surface area (TPSA) is 62.5 Å². The van der Waals surface area contributed by atoms with Crippen molar-refractivity contribution in [3.63, 3.8) is 0 Å². The molecule has 6 nitrogen and oxygen atoms in total. The van der Waals surface area contributed by atoms with Crippen LogP contribution >= 0.6 is 0 Å². The molecule has 1 aromatic heterocycles. The summed E-state index contributed by atoms with van der Waals surface area (Å²) in [6.45, 7) is 2.49. The first kappa shape index (κ1) is 15.2. The number of nitrogens with zero attached hydrogens (tertiary/aromatic N) is 4. The molecule has 4 rings (SSSR count). The van der Waals surface area contributed by atoms with Gasteiger partial charge in [-0.05, 0) is 32.1 Å². The molecule has 0 N–H and O–H groups in total. The molecule has 2 amide bonds. The minimum Gasteiger partial charge on any atom is -0.337 e. The van der Waals surface area contributed by atoms with E-state index in [9.17, 15) is 4.79 Å². The van der Waals surface area contributed by atoms with Crippen molar-refractivity contribution >= 4 is 6.03 Å². The maximum Gasteiger partial charge on any atom is 0.320 e. The molecular weight excluding hydrogens is 304 g/mol. The normalized spacial score (nSPS) is 21.2. The Kier molecular flexibility index (Phi) is 4.19. The zero-order chi connectivity index (χ0) is 16.4. The van der Waals surface area contributed by atoms with Crippen molar-refractivity contribution in [1.29, 1.82) is 0 Å². The summed E-state index contributed by atoms with van der Waals surface area (Å²) < 4.78 is 5.50. The van der Waals surface area contributed by atoms with Crippen LogP contribution < -0.4 is 0 Å². The van der Waals surface area contributed by atoms with Crippen molar-refractivity contribution in [2.24, 2.45) is 0 Å². The Morgan fingerprint density at radius 2 is 1.83 bits per heavy atom. The Labute approximate surface area is 141 Å². The zero-order valence-electron chi connectivity index (χ0n) is 13.7. The predicted molar refractivity (Wildman–Crippen MR) is 89.2 cm³/mol. The van der Waals surface area contributed by atoms with Crippen LogP contribution in [0.1, 0.15) is 44.0 Å². The van der Waals surface area contributed by atoms with E-state index in [1.54, 1.807) is 0 Å². The quantitative estimate of drug-likeness (QED) is 0.847. The van der Waals surface area contributed by atoms with Crippen LogP contribution in [0.4, 0.5) is 4.79 Å². The smallest absolute Gasteiger partial charge is 0.320 e. The Hall–Kier alpha value is -2.37. The fourth-order valence-corrected chi connectivity index (χ4v) is 3.59. The van der Waals surface area contributed by atoms with E-state index in [1.165, 1.54) is 6.42 Å². The molecule has 24 heavy (non-hydrogen) atoms. The van der Waals surface area contributed by atoms with Gasteiger partial charge in [-0.25, -0.2) is 4.79 Å². The van der Waals surface area contributed by atoms with Gasteiger partial charge in [0.15, 0.2) is 0 Å². The number of rotatable bonds is 2. The molecule has 3 heterocycles. The fraction of sp³-hybridized carbons (Fsp3) is 0.500. The predicted octanol–water partition coefficient (Wildman–Crippen LogP) is 3.48. The van der Waals surface area contributed by atoms with E-state index in [-0.39, 0.29) is 12.1 Å². The summed E-state index contributed by atoms with van der Waals surface area (Å²) >= 11 is 0. The van der Waals surface area contributed by atoms with Crippen LogP contribution in [-0.4, -0.2) is 45.6 Å². The van der Waals surface area contributed by atoms with Gasteiger partial charge in [-0.2, -0.15) is 4.98 Å². The first-order chi connectivity index (χ1) is 11.8. The molecule has 1 aromatic carbocycles. The molecule has 2 aromatic rings. The maximum atomic E-state index is 12.8. The van der Waals surface area contributed by atoms with Crippen molar-refractivity contribution in [3.05, 3.63) is 36.2 Å². The first-order valence-electron chi connectivity index (χ1n) is 8.77. The monoisotopic (exact) mass is 326 g/mol. The Balaban J connectivity index is 1.52. The van der Waals surface area contributed by atoms with Crippen LogP contribution in [0.25, 0.3) is 11.4 Å². The standard InChI is InChI=1S/C18H22N4O2/c23-18(21-11-5-2-6-12-21)22-13-7-10-15(22)17-19-16(20-24-17)14-8-3-1-4-9-14/h1,3-4,8-9,15H,2,5-7,10-13H2. The van der Waals surface area contributed by atoms with Crippen molar-refractivity contribution in [2.45, 2.75) is 38.1 Å². The second-order valence-electron chi connectivity index (χ2n) is 6.50. The van der Waals surface area contributed by atoms with Crippen LogP contribution in [0.15, 0.2) is 34.9 Å². The number of carbonyl (C=O) groups excluding carboxylic acids is 1. The van der Waals surface area contributed by atoms with Crippen molar-refractivity contribution < 1.29 is 9.32 Å². The lowest BCUT2D eigenvalue weighted by molar-refractivity contribution is 0.131. The number of amides is 2. The van der Waals surface area contributed by atoms with E-state index in [0.717, 1.165) is 50.9 Å². The molecule has 2 aliphatic rings.